The molecular formula is C14H17BrN2O. The summed E-state index contributed by atoms with van der Waals surface area (Å²) in [6.45, 7) is 4.22. The number of halogens is 1. The van der Waals surface area contributed by atoms with Crippen LogP contribution in [0.15, 0.2) is 22.7 Å². The van der Waals surface area contributed by atoms with E-state index in [1.807, 2.05) is 12.1 Å². The van der Waals surface area contributed by atoms with E-state index in [2.05, 4.69) is 26.9 Å². The number of nitrogens with zero attached hydrogens (tertiary/aromatic N) is 2. The summed E-state index contributed by atoms with van der Waals surface area (Å²) in [7, 11) is 0. The fourth-order valence-electron chi connectivity index (χ4n) is 2.19. The van der Waals surface area contributed by atoms with Gasteiger partial charge in [0.15, 0.2) is 0 Å². The number of hydrogen-bond donors (Lipinski definition) is 0. The third-order valence-electron chi connectivity index (χ3n) is 3.14. The van der Waals surface area contributed by atoms with Gasteiger partial charge in [0.05, 0.1) is 12.2 Å². The molecule has 1 aliphatic rings. The Morgan fingerprint density at radius 3 is 2.83 bits per heavy atom. The first-order valence-corrected chi connectivity index (χ1v) is 7.14. The van der Waals surface area contributed by atoms with E-state index in [9.17, 15) is 0 Å². The number of hydrogen-bond acceptors (Lipinski definition) is 3. The highest BCUT2D eigenvalue weighted by atomic mass is 79.9. The molecule has 1 aromatic carbocycles. The molecule has 0 saturated carbocycles. The Hall–Kier alpha value is -1.05. The second-order valence-electron chi connectivity index (χ2n) is 4.50. The maximum atomic E-state index is 9.01. The van der Waals surface area contributed by atoms with E-state index >= 15 is 0 Å². The second kappa shape index (κ2) is 6.77. The van der Waals surface area contributed by atoms with Crippen molar-refractivity contribution in [3.8, 4) is 11.8 Å². The van der Waals surface area contributed by atoms with Crippen molar-refractivity contribution in [1.82, 2.24) is 4.90 Å². The van der Waals surface area contributed by atoms with Crippen LogP contribution in [0.1, 0.15) is 24.8 Å². The molecule has 0 spiro atoms. The highest BCUT2D eigenvalue weighted by Crippen LogP contribution is 2.22. The van der Waals surface area contributed by atoms with E-state index in [1.54, 1.807) is 6.07 Å². The van der Waals surface area contributed by atoms with Gasteiger partial charge in [-0.25, -0.2) is 0 Å². The van der Waals surface area contributed by atoms with Gasteiger partial charge in [0, 0.05) is 11.0 Å². The summed E-state index contributed by atoms with van der Waals surface area (Å²) in [5, 5.41) is 9.01. The monoisotopic (exact) mass is 308 g/mol. The lowest BCUT2D eigenvalue weighted by molar-refractivity contribution is 0.263. The SMILES string of the molecule is N#Cc1cc(Br)ccc1OCCCN1CCCC1. The molecule has 0 radical (unpaired) electrons. The van der Waals surface area contributed by atoms with Gasteiger partial charge in [0.2, 0.25) is 0 Å². The second-order valence-corrected chi connectivity index (χ2v) is 5.42. The van der Waals surface area contributed by atoms with Crippen LogP contribution >= 0.6 is 15.9 Å². The molecule has 0 unspecified atom stereocenters. The molecule has 1 aliphatic heterocycles. The lowest BCUT2D eigenvalue weighted by Gasteiger charge is -2.14. The standard InChI is InChI=1S/C14H17BrN2O/c15-13-4-5-14(12(10-13)11-16)18-9-3-8-17-6-1-2-7-17/h4-5,10H,1-3,6-9H2. The fourth-order valence-corrected chi connectivity index (χ4v) is 2.55. The minimum absolute atomic E-state index is 0.588. The Labute approximate surface area is 116 Å². The maximum Gasteiger partial charge on any atom is 0.137 e. The molecule has 2 rings (SSSR count). The average Bonchev–Trinajstić information content (AvgIpc) is 2.89. The zero-order valence-electron chi connectivity index (χ0n) is 10.4. The van der Waals surface area contributed by atoms with Crippen molar-refractivity contribution in [2.45, 2.75) is 19.3 Å². The van der Waals surface area contributed by atoms with E-state index in [-0.39, 0.29) is 0 Å². The van der Waals surface area contributed by atoms with Crippen molar-refractivity contribution in [1.29, 1.82) is 5.26 Å². The van der Waals surface area contributed by atoms with Crippen molar-refractivity contribution in [2.24, 2.45) is 0 Å². The lowest BCUT2D eigenvalue weighted by atomic mass is 10.2. The average molecular weight is 309 g/mol. The van der Waals surface area contributed by atoms with Gasteiger partial charge in [-0.15, -0.1) is 0 Å². The van der Waals surface area contributed by atoms with Gasteiger partial charge in [-0.05, 0) is 50.6 Å². The molecule has 4 heteroatoms. The van der Waals surface area contributed by atoms with Gasteiger partial charge in [-0.3, -0.25) is 0 Å². The van der Waals surface area contributed by atoms with Crippen LogP contribution in [0, 0.1) is 11.3 Å². The Balaban J connectivity index is 1.77. The highest BCUT2D eigenvalue weighted by molar-refractivity contribution is 9.10. The molecule has 96 valence electrons. The molecule has 1 aromatic rings. The summed E-state index contributed by atoms with van der Waals surface area (Å²) in [5.41, 5.74) is 0.588. The minimum Gasteiger partial charge on any atom is -0.492 e. The predicted octanol–water partition coefficient (Wildman–Crippen LogP) is 3.19. The van der Waals surface area contributed by atoms with Crippen molar-refractivity contribution >= 4 is 15.9 Å². The normalized spacial score (nSPS) is 15.6. The summed E-state index contributed by atoms with van der Waals surface area (Å²) in [4.78, 5) is 2.47. The molecule has 0 N–H and O–H groups in total. The van der Waals surface area contributed by atoms with Gasteiger partial charge in [0.1, 0.15) is 11.8 Å². The van der Waals surface area contributed by atoms with Gasteiger partial charge in [-0.2, -0.15) is 5.26 Å². The van der Waals surface area contributed by atoms with E-state index in [0.29, 0.717) is 17.9 Å². The lowest BCUT2D eigenvalue weighted by Crippen LogP contribution is -2.21. The predicted molar refractivity (Wildman–Crippen MR) is 74.6 cm³/mol. The zero-order chi connectivity index (χ0) is 12.8. The van der Waals surface area contributed by atoms with Crippen LogP contribution in [0.2, 0.25) is 0 Å². The molecule has 1 fully saturated rings. The summed E-state index contributed by atoms with van der Waals surface area (Å²) in [6.07, 6.45) is 3.67. The van der Waals surface area contributed by atoms with Crippen LogP contribution in [-0.2, 0) is 0 Å². The van der Waals surface area contributed by atoms with Gasteiger partial charge >= 0.3 is 0 Å². The van der Waals surface area contributed by atoms with Crippen LogP contribution in [0.25, 0.3) is 0 Å². The smallest absolute Gasteiger partial charge is 0.137 e. The van der Waals surface area contributed by atoms with Crippen molar-refractivity contribution in [3.63, 3.8) is 0 Å². The third-order valence-corrected chi connectivity index (χ3v) is 3.63. The first-order chi connectivity index (χ1) is 8.79. The van der Waals surface area contributed by atoms with E-state index in [0.717, 1.165) is 17.4 Å². The first-order valence-electron chi connectivity index (χ1n) is 6.34. The van der Waals surface area contributed by atoms with E-state index in [1.165, 1.54) is 25.9 Å². The van der Waals surface area contributed by atoms with Gasteiger partial charge in [0.25, 0.3) is 0 Å². The van der Waals surface area contributed by atoms with Crippen LogP contribution in [-0.4, -0.2) is 31.1 Å². The van der Waals surface area contributed by atoms with E-state index < -0.39 is 0 Å². The molecule has 0 aliphatic carbocycles. The minimum atomic E-state index is 0.588. The third kappa shape index (κ3) is 3.72. The number of benzene rings is 1. The molecule has 0 atom stereocenters. The Bertz CT molecular complexity index is 436. The largest absolute Gasteiger partial charge is 0.492 e. The summed E-state index contributed by atoms with van der Waals surface area (Å²) in [5.74, 6) is 0.683. The summed E-state index contributed by atoms with van der Waals surface area (Å²) < 4.78 is 6.58. The maximum absolute atomic E-state index is 9.01. The Morgan fingerprint density at radius 2 is 2.11 bits per heavy atom. The summed E-state index contributed by atoms with van der Waals surface area (Å²) >= 11 is 3.35. The summed E-state index contributed by atoms with van der Waals surface area (Å²) in [6, 6.07) is 7.69. The van der Waals surface area contributed by atoms with Gasteiger partial charge in [-0.1, -0.05) is 15.9 Å². The zero-order valence-corrected chi connectivity index (χ0v) is 11.9. The number of likely N-dealkylation sites (tertiary alicyclic amines) is 1. The Morgan fingerprint density at radius 1 is 1.33 bits per heavy atom. The molecule has 18 heavy (non-hydrogen) atoms. The topological polar surface area (TPSA) is 36.3 Å². The molecule has 0 amide bonds. The number of ether oxygens (including phenoxy) is 1. The molecule has 1 saturated heterocycles. The highest BCUT2D eigenvalue weighted by Gasteiger charge is 2.10. The Kier molecular flexibility index (Phi) is 5.03. The quantitative estimate of drug-likeness (QED) is 0.784. The van der Waals surface area contributed by atoms with Crippen molar-refractivity contribution < 1.29 is 4.74 Å². The van der Waals surface area contributed by atoms with Crippen molar-refractivity contribution in [2.75, 3.05) is 26.2 Å². The van der Waals surface area contributed by atoms with E-state index in [4.69, 9.17) is 10.00 Å². The van der Waals surface area contributed by atoms with Crippen LogP contribution < -0.4 is 4.74 Å². The number of rotatable bonds is 5. The molecule has 0 bridgehead atoms. The van der Waals surface area contributed by atoms with Crippen LogP contribution in [0.3, 0.4) is 0 Å². The van der Waals surface area contributed by atoms with Crippen LogP contribution in [0.4, 0.5) is 0 Å². The molecule has 3 nitrogen and oxygen atoms in total. The first kappa shape index (κ1) is 13.4. The molecule has 1 heterocycles. The number of nitriles is 1. The van der Waals surface area contributed by atoms with Crippen molar-refractivity contribution in [3.05, 3.63) is 28.2 Å². The van der Waals surface area contributed by atoms with Gasteiger partial charge < -0.3 is 9.64 Å². The molecule has 0 aromatic heterocycles. The van der Waals surface area contributed by atoms with Crippen LogP contribution in [0.5, 0.6) is 5.75 Å². The fraction of sp³-hybridized carbons (Fsp3) is 0.500. The molecular weight excluding hydrogens is 292 g/mol.